The minimum atomic E-state index is -0.839. The van der Waals surface area contributed by atoms with Crippen LogP contribution in [0.3, 0.4) is 0 Å². The molecule has 1 aliphatic rings. The second-order valence-corrected chi connectivity index (χ2v) is 7.37. The number of rotatable bonds is 6. The summed E-state index contributed by atoms with van der Waals surface area (Å²) in [7, 11) is 0. The molecule has 1 heterocycles. The molecule has 2 N–H and O–H groups in total. The maximum absolute atomic E-state index is 13.5. The zero-order valence-electron chi connectivity index (χ0n) is 15.7. The number of hydrogen-bond acceptors (Lipinski definition) is 3. The summed E-state index contributed by atoms with van der Waals surface area (Å²) in [5.74, 6) is -2.73. The molecule has 2 amide bonds. The highest BCUT2D eigenvalue weighted by atomic mass is 19.1. The van der Waals surface area contributed by atoms with Crippen LogP contribution in [0.1, 0.15) is 29.6 Å². The molecule has 8 heteroatoms. The van der Waals surface area contributed by atoms with E-state index in [1.807, 2.05) is 0 Å². The van der Waals surface area contributed by atoms with Crippen LogP contribution in [0.15, 0.2) is 42.5 Å². The first-order valence-electron chi connectivity index (χ1n) is 9.18. The molecule has 2 aromatic carbocycles. The van der Waals surface area contributed by atoms with Gasteiger partial charge in [-0.05, 0) is 49.2 Å². The van der Waals surface area contributed by atoms with Gasteiger partial charge in [0, 0.05) is 36.6 Å². The number of amides is 2. The van der Waals surface area contributed by atoms with E-state index in [-0.39, 0.29) is 25.1 Å². The first-order valence-corrected chi connectivity index (χ1v) is 9.18. The second-order valence-electron chi connectivity index (χ2n) is 7.37. The average Bonchev–Trinajstić information content (AvgIpc) is 2.66. The Morgan fingerprint density at radius 1 is 1.03 bits per heavy atom. The molecule has 0 bridgehead atoms. The maximum Gasteiger partial charge on any atom is 0.254 e. The van der Waals surface area contributed by atoms with E-state index in [2.05, 4.69) is 0 Å². The van der Waals surface area contributed by atoms with Crippen molar-refractivity contribution in [3.8, 4) is 5.75 Å². The Morgan fingerprint density at radius 3 is 2.31 bits per heavy atom. The number of benzene rings is 2. The second kappa shape index (κ2) is 8.55. The molecule has 0 aliphatic carbocycles. The van der Waals surface area contributed by atoms with Crippen LogP contribution < -0.4 is 10.5 Å². The van der Waals surface area contributed by atoms with E-state index in [1.165, 1.54) is 29.2 Å². The molecule has 0 unspecified atom stereocenters. The number of ether oxygens (including phenoxy) is 1. The third-order valence-electron chi connectivity index (χ3n) is 4.97. The van der Waals surface area contributed by atoms with E-state index in [4.69, 9.17) is 10.5 Å². The van der Waals surface area contributed by atoms with Crippen LogP contribution >= 0.6 is 0 Å². The van der Waals surface area contributed by atoms with Gasteiger partial charge in [0.2, 0.25) is 5.91 Å². The summed E-state index contributed by atoms with van der Waals surface area (Å²) in [6.07, 6.45) is 1.14. The monoisotopic (exact) mass is 406 g/mol. The Balaban J connectivity index is 1.78. The van der Waals surface area contributed by atoms with Crippen LogP contribution in [0.4, 0.5) is 13.2 Å². The van der Waals surface area contributed by atoms with Crippen LogP contribution in [0, 0.1) is 22.9 Å². The van der Waals surface area contributed by atoms with Crippen molar-refractivity contribution in [2.45, 2.75) is 19.3 Å². The molecule has 1 atom stereocenters. The van der Waals surface area contributed by atoms with Crippen molar-refractivity contribution >= 4 is 11.8 Å². The van der Waals surface area contributed by atoms with Gasteiger partial charge in [0.25, 0.3) is 5.91 Å². The Hall–Kier alpha value is -3.03. The van der Waals surface area contributed by atoms with Crippen molar-refractivity contribution in [1.29, 1.82) is 0 Å². The molecular weight excluding hydrogens is 385 g/mol. The van der Waals surface area contributed by atoms with E-state index < -0.39 is 34.7 Å². The van der Waals surface area contributed by atoms with Crippen LogP contribution in [0.5, 0.6) is 5.75 Å². The van der Waals surface area contributed by atoms with E-state index in [1.54, 1.807) is 0 Å². The molecule has 154 valence electrons. The minimum absolute atomic E-state index is 0.0184. The lowest BCUT2D eigenvalue weighted by atomic mass is 9.77. The van der Waals surface area contributed by atoms with E-state index in [0.29, 0.717) is 31.2 Å². The first-order chi connectivity index (χ1) is 13.8. The number of carbonyl (C=O) groups excluding carboxylic acids is 2. The topological polar surface area (TPSA) is 72.6 Å². The summed E-state index contributed by atoms with van der Waals surface area (Å²) in [4.78, 5) is 25.9. The summed E-state index contributed by atoms with van der Waals surface area (Å²) < 4.78 is 45.8. The lowest BCUT2D eigenvalue weighted by molar-refractivity contribution is -0.122. The number of nitrogens with zero attached hydrogens (tertiary/aromatic N) is 1. The Bertz CT molecular complexity index is 884. The highest BCUT2D eigenvalue weighted by Gasteiger charge is 2.39. The summed E-state index contributed by atoms with van der Waals surface area (Å²) in [5, 5.41) is 0. The van der Waals surface area contributed by atoms with Gasteiger partial charge in [0.05, 0.1) is 6.61 Å². The zero-order chi connectivity index (χ0) is 21.0. The van der Waals surface area contributed by atoms with Gasteiger partial charge in [-0.2, -0.15) is 0 Å². The van der Waals surface area contributed by atoms with Gasteiger partial charge in [-0.25, -0.2) is 13.2 Å². The van der Waals surface area contributed by atoms with Crippen LogP contribution in [-0.4, -0.2) is 36.4 Å². The number of nitrogens with two attached hydrogens (primary N) is 1. The van der Waals surface area contributed by atoms with Crippen molar-refractivity contribution in [2.75, 3.05) is 19.7 Å². The van der Waals surface area contributed by atoms with Crippen LogP contribution in [0.2, 0.25) is 0 Å². The number of primary amides is 1. The number of halogens is 3. The predicted octanol–water partition coefficient (Wildman–Crippen LogP) is 3.28. The van der Waals surface area contributed by atoms with E-state index >= 15 is 0 Å². The van der Waals surface area contributed by atoms with Gasteiger partial charge < -0.3 is 15.4 Å². The van der Waals surface area contributed by atoms with Gasteiger partial charge in [-0.15, -0.1) is 0 Å². The zero-order valence-corrected chi connectivity index (χ0v) is 15.7. The Morgan fingerprint density at radius 2 is 1.69 bits per heavy atom. The summed E-state index contributed by atoms with van der Waals surface area (Å²) in [6, 6.07) is 8.09. The van der Waals surface area contributed by atoms with Crippen LogP contribution in [-0.2, 0) is 4.79 Å². The van der Waals surface area contributed by atoms with Gasteiger partial charge in [0.15, 0.2) is 0 Å². The summed E-state index contributed by atoms with van der Waals surface area (Å²) in [5.41, 5.74) is 4.57. The van der Waals surface area contributed by atoms with Gasteiger partial charge in [0.1, 0.15) is 23.2 Å². The van der Waals surface area contributed by atoms with Crippen molar-refractivity contribution in [2.24, 2.45) is 11.1 Å². The van der Waals surface area contributed by atoms with Crippen molar-refractivity contribution in [3.63, 3.8) is 0 Å². The lowest BCUT2D eigenvalue weighted by Gasteiger charge is -2.42. The van der Waals surface area contributed by atoms with E-state index in [9.17, 15) is 22.8 Å². The highest BCUT2D eigenvalue weighted by Crippen LogP contribution is 2.35. The van der Waals surface area contributed by atoms with Crippen LogP contribution in [0.25, 0.3) is 0 Å². The number of likely N-dealkylation sites (tertiary alicyclic amines) is 1. The predicted molar refractivity (Wildman–Crippen MR) is 99.6 cm³/mol. The molecular formula is C21H21F3N2O3. The molecule has 2 aromatic rings. The lowest BCUT2D eigenvalue weighted by Crippen LogP contribution is -2.50. The average molecular weight is 406 g/mol. The van der Waals surface area contributed by atoms with Gasteiger partial charge >= 0.3 is 0 Å². The van der Waals surface area contributed by atoms with Crippen molar-refractivity contribution < 1.29 is 27.5 Å². The summed E-state index contributed by atoms with van der Waals surface area (Å²) in [6.45, 7) is 0.616. The SMILES string of the molecule is NC(=O)C[C@]1(COc2ccc(F)cc2)CCCN(C(=O)c2cc(F)cc(F)c2)C1. The molecule has 1 saturated heterocycles. The largest absolute Gasteiger partial charge is 0.493 e. The Labute approximate surface area is 166 Å². The molecule has 3 rings (SSSR count). The van der Waals surface area contributed by atoms with Gasteiger partial charge in [-0.1, -0.05) is 0 Å². The fraction of sp³-hybridized carbons (Fsp3) is 0.333. The fourth-order valence-corrected chi connectivity index (χ4v) is 3.69. The number of hydrogen-bond donors (Lipinski definition) is 1. The molecule has 29 heavy (non-hydrogen) atoms. The van der Waals surface area contributed by atoms with E-state index in [0.717, 1.165) is 12.1 Å². The molecule has 5 nitrogen and oxygen atoms in total. The maximum atomic E-state index is 13.5. The standard InChI is InChI=1S/C21H21F3N2O3/c22-15-2-4-18(5-3-15)29-13-21(11-19(25)27)6-1-7-26(12-21)20(28)14-8-16(23)10-17(24)9-14/h2-5,8-10H,1,6-7,11-13H2,(H2,25,27)/t21-/m1/s1. The number of carbonyl (C=O) groups is 2. The van der Waals surface area contributed by atoms with Gasteiger partial charge in [-0.3, -0.25) is 9.59 Å². The molecule has 1 fully saturated rings. The fourth-order valence-electron chi connectivity index (χ4n) is 3.69. The van der Waals surface area contributed by atoms with Crippen molar-refractivity contribution in [1.82, 2.24) is 4.90 Å². The Kier molecular flexibility index (Phi) is 6.10. The minimum Gasteiger partial charge on any atom is -0.493 e. The summed E-state index contributed by atoms with van der Waals surface area (Å²) >= 11 is 0. The third-order valence-corrected chi connectivity index (χ3v) is 4.97. The molecule has 0 spiro atoms. The molecule has 1 aliphatic heterocycles. The molecule has 0 radical (unpaired) electrons. The normalized spacial score (nSPS) is 19.1. The molecule has 0 saturated carbocycles. The smallest absolute Gasteiger partial charge is 0.254 e. The first kappa shape index (κ1) is 20.7. The number of piperidine rings is 1. The van der Waals surface area contributed by atoms with Crippen molar-refractivity contribution in [3.05, 3.63) is 65.5 Å². The third kappa shape index (κ3) is 5.28. The molecule has 0 aromatic heterocycles. The quantitative estimate of drug-likeness (QED) is 0.800. The highest BCUT2D eigenvalue weighted by molar-refractivity contribution is 5.94.